The van der Waals surface area contributed by atoms with E-state index in [1.165, 1.54) is 13.2 Å². The van der Waals surface area contributed by atoms with Crippen LogP contribution in [0.2, 0.25) is 0 Å². The summed E-state index contributed by atoms with van der Waals surface area (Å²) in [6.45, 7) is 2.38. The Labute approximate surface area is 219 Å². The normalized spacial score (nSPS) is 17.9. The van der Waals surface area contributed by atoms with Gasteiger partial charge in [0.25, 0.3) is 5.91 Å². The highest BCUT2D eigenvalue weighted by Crippen LogP contribution is 2.29. The van der Waals surface area contributed by atoms with Crippen molar-refractivity contribution in [2.75, 3.05) is 13.7 Å². The first-order chi connectivity index (χ1) is 18.3. The first kappa shape index (κ1) is 25.3. The molecular weight excluding hydrogens is 487 g/mol. The van der Waals surface area contributed by atoms with Crippen molar-refractivity contribution in [2.45, 2.75) is 38.4 Å². The SMILES string of the molecule is COc1cccc(F)c1CN1C[C@H](NC(=O)c2ccc3[nH]nc(-c4ccnc(C)c4)c3c2)CC[C@H]1C(N)=O. The number of amides is 2. The number of methoxy groups -OCH3 is 1. The number of nitrogens with two attached hydrogens (primary N) is 1. The smallest absolute Gasteiger partial charge is 0.251 e. The second-order valence-electron chi connectivity index (χ2n) is 9.53. The zero-order chi connectivity index (χ0) is 26.8. The number of nitrogens with one attached hydrogen (secondary N) is 2. The molecule has 10 heteroatoms. The average molecular weight is 517 g/mol. The van der Waals surface area contributed by atoms with Gasteiger partial charge in [-0.1, -0.05) is 6.07 Å². The molecule has 0 saturated carbocycles. The summed E-state index contributed by atoms with van der Waals surface area (Å²) in [5.74, 6) is -0.745. The van der Waals surface area contributed by atoms with Gasteiger partial charge < -0.3 is 15.8 Å². The second-order valence-corrected chi connectivity index (χ2v) is 9.53. The van der Waals surface area contributed by atoms with Gasteiger partial charge in [0, 0.05) is 53.1 Å². The van der Waals surface area contributed by atoms with Gasteiger partial charge in [-0.2, -0.15) is 5.10 Å². The van der Waals surface area contributed by atoms with Crippen LogP contribution in [0.4, 0.5) is 4.39 Å². The van der Waals surface area contributed by atoms with Gasteiger partial charge in [0.1, 0.15) is 17.3 Å². The number of nitrogens with zero attached hydrogens (tertiary/aromatic N) is 3. The Kier molecular flexibility index (Phi) is 7.06. The molecule has 2 amide bonds. The van der Waals surface area contributed by atoms with Crippen LogP contribution in [-0.2, 0) is 11.3 Å². The molecule has 2 aromatic carbocycles. The number of hydrogen-bond acceptors (Lipinski definition) is 6. The molecule has 0 aliphatic carbocycles. The quantitative estimate of drug-likeness (QED) is 0.346. The third-order valence-corrected chi connectivity index (χ3v) is 7.00. The number of benzene rings is 2. The number of halogens is 1. The van der Waals surface area contributed by atoms with Crippen molar-refractivity contribution in [1.29, 1.82) is 0 Å². The summed E-state index contributed by atoms with van der Waals surface area (Å²) in [7, 11) is 1.47. The summed E-state index contributed by atoms with van der Waals surface area (Å²) < 4.78 is 19.9. The van der Waals surface area contributed by atoms with E-state index in [2.05, 4.69) is 20.5 Å². The first-order valence-electron chi connectivity index (χ1n) is 12.4. The first-order valence-corrected chi connectivity index (χ1v) is 12.4. The molecule has 1 saturated heterocycles. The summed E-state index contributed by atoms with van der Waals surface area (Å²) in [5.41, 5.74) is 9.84. The Morgan fingerprint density at radius 1 is 1.21 bits per heavy atom. The van der Waals surface area contributed by atoms with E-state index in [0.717, 1.165) is 27.9 Å². The second kappa shape index (κ2) is 10.6. The predicted molar refractivity (Wildman–Crippen MR) is 141 cm³/mol. The van der Waals surface area contributed by atoms with E-state index < -0.39 is 17.8 Å². The van der Waals surface area contributed by atoms with Gasteiger partial charge >= 0.3 is 0 Å². The van der Waals surface area contributed by atoms with Crippen molar-refractivity contribution in [2.24, 2.45) is 5.73 Å². The Balaban J connectivity index is 1.35. The lowest BCUT2D eigenvalue weighted by molar-refractivity contribution is -0.124. The number of H-pyrrole nitrogens is 1. The Morgan fingerprint density at radius 2 is 2.05 bits per heavy atom. The van der Waals surface area contributed by atoms with Crippen LogP contribution in [0, 0.1) is 12.7 Å². The average Bonchev–Trinajstić information content (AvgIpc) is 3.33. The number of ether oxygens (including phenoxy) is 1. The van der Waals surface area contributed by atoms with Gasteiger partial charge in [0.15, 0.2) is 0 Å². The summed E-state index contributed by atoms with van der Waals surface area (Å²) in [6.07, 6.45) is 2.75. The molecule has 5 rings (SSSR count). The molecule has 4 N–H and O–H groups in total. The molecule has 0 unspecified atom stereocenters. The zero-order valence-corrected chi connectivity index (χ0v) is 21.2. The minimum absolute atomic E-state index is 0.130. The topological polar surface area (TPSA) is 126 Å². The lowest BCUT2D eigenvalue weighted by atomic mass is 9.96. The standard InChI is InChI=1S/C28H29FN6O3/c1-16-12-17(10-11-31-16)26-20-13-18(6-8-23(20)33-34-26)28(37)32-19-7-9-24(27(30)36)35(14-19)15-21-22(29)4-3-5-25(21)38-2/h3-6,8,10-13,19,24H,7,9,14-15H2,1-2H3,(H2,30,36)(H,32,37)(H,33,34)/t19-,24+/m1/s1. The van der Waals surface area contributed by atoms with Gasteiger partial charge in [0.2, 0.25) is 5.91 Å². The number of pyridine rings is 1. The lowest BCUT2D eigenvalue weighted by Crippen LogP contribution is -2.55. The van der Waals surface area contributed by atoms with Crippen LogP contribution in [0.3, 0.4) is 0 Å². The molecule has 9 nitrogen and oxygen atoms in total. The van der Waals surface area contributed by atoms with Crippen LogP contribution in [0.15, 0.2) is 54.7 Å². The Morgan fingerprint density at radius 3 is 2.82 bits per heavy atom. The predicted octanol–water partition coefficient (Wildman–Crippen LogP) is 3.33. The van der Waals surface area contributed by atoms with Crippen LogP contribution in [0.1, 0.15) is 34.5 Å². The number of aromatic amines is 1. The summed E-state index contributed by atoms with van der Waals surface area (Å²) in [4.78, 5) is 31.5. The van der Waals surface area contributed by atoms with Crippen molar-refractivity contribution in [1.82, 2.24) is 25.4 Å². The minimum Gasteiger partial charge on any atom is -0.496 e. The number of hydrogen-bond donors (Lipinski definition) is 3. The molecule has 2 atom stereocenters. The molecular formula is C28H29FN6O3. The van der Waals surface area contributed by atoms with Crippen molar-refractivity contribution >= 4 is 22.7 Å². The van der Waals surface area contributed by atoms with Crippen LogP contribution in [0.25, 0.3) is 22.2 Å². The van der Waals surface area contributed by atoms with E-state index >= 15 is 0 Å². The molecule has 0 radical (unpaired) electrons. The van der Waals surface area contributed by atoms with Crippen LogP contribution < -0.4 is 15.8 Å². The number of fused-ring (bicyclic) bond motifs is 1. The monoisotopic (exact) mass is 516 g/mol. The Hall–Kier alpha value is -4.31. The molecule has 1 fully saturated rings. The van der Waals surface area contributed by atoms with E-state index in [4.69, 9.17) is 10.5 Å². The number of piperidine rings is 1. The third-order valence-electron chi connectivity index (χ3n) is 7.00. The molecule has 1 aliphatic rings. The van der Waals surface area contributed by atoms with E-state index in [9.17, 15) is 14.0 Å². The molecule has 0 bridgehead atoms. The number of rotatable bonds is 7. The van der Waals surface area contributed by atoms with Crippen molar-refractivity contribution in [3.8, 4) is 17.0 Å². The van der Waals surface area contributed by atoms with Gasteiger partial charge in [-0.15, -0.1) is 0 Å². The van der Waals surface area contributed by atoms with E-state index in [1.807, 2.05) is 31.2 Å². The fourth-order valence-corrected chi connectivity index (χ4v) is 5.08. The molecule has 4 aromatic rings. The molecule has 2 aromatic heterocycles. The van der Waals surface area contributed by atoms with Gasteiger partial charge in [-0.3, -0.25) is 24.6 Å². The van der Waals surface area contributed by atoms with Crippen LogP contribution in [0.5, 0.6) is 5.75 Å². The van der Waals surface area contributed by atoms with Crippen LogP contribution in [-0.4, -0.2) is 57.6 Å². The van der Waals surface area contributed by atoms with E-state index in [1.54, 1.807) is 29.3 Å². The maximum Gasteiger partial charge on any atom is 0.251 e. The molecule has 196 valence electrons. The number of aryl methyl sites for hydroxylation is 1. The maximum atomic E-state index is 14.6. The van der Waals surface area contributed by atoms with Crippen molar-refractivity contribution in [3.05, 3.63) is 77.4 Å². The summed E-state index contributed by atoms with van der Waals surface area (Å²) >= 11 is 0. The van der Waals surface area contributed by atoms with Crippen LogP contribution >= 0.6 is 0 Å². The third kappa shape index (κ3) is 5.08. The van der Waals surface area contributed by atoms with E-state index in [0.29, 0.717) is 36.3 Å². The molecule has 3 heterocycles. The number of likely N-dealkylation sites (tertiary alicyclic amines) is 1. The summed E-state index contributed by atoms with van der Waals surface area (Å²) in [6, 6.07) is 13.0. The zero-order valence-electron chi connectivity index (χ0n) is 21.2. The van der Waals surface area contributed by atoms with Gasteiger partial charge in [-0.05, 0) is 62.2 Å². The minimum atomic E-state index is -0.568. The molecule has 1 aliphatic heterocycles. The maximum absolute atomic E-state index is 14.6. The van der Waals surface area contributed by atoms with Crippen molar-refractivity contribution < 1.29 is 18.7 Å². The fourth-order valence-electron chi connectivity index (χ4n) is 5.08. The number of aromatic nitrogens is 3. The lowest BCUT2D eigenvalue weighted by Gasteiger charge is -2.38. The molecule has 38 heavy (non-hydrogen) atoms. The summed E-state index contributed by atoms with van der Waals surface area (Å²) in [5, 5.41) is 11.4. The largest absolute Gasteiger partial charge is 0.496 e. The highest BCUT2D eigenvalue weighted by atomic mass is 19.1. The van der Waals surface area contributed by atoms with Gasteiger partial charge in [-0.25, -0.2) is 4.39 Å². The number of carbonyl (C=O) groups excluding carboxylic acids is 2. The van der Waals surface area contributed by atoms with E-state index in [-0.39, 0.29) is 18.5 Å². The van der Waals surface area contributed by atoms with Crippen molar-refractivity contribution in [3.63, 3.8) is 0 Å². The Bertz CT molecular complexity index is 1500. The van der Waals surface area contributed by atoms with Gasteiger partial charge in [0.05, 0.1) is 18.7 Å². The number of carbonyl (C=O) groups is 2. The number of primary amides is 1. The fraction of sp³-hybridized carbons (Fsp3) is 0.286. The highest BCUT2D eigenvalue weighted by Gasteiger charge is 2.33. The molecule has 0 spiro atoms. The highest BCUT2D eigenvalue weighted by molar-refractivity contribution is 6.01.